The van der Waals surface area contributed by atoms with Crippen molar-refractivity contribution in [2.24, 2.45) is 11.7 Å². The van der Waals surface area contributed by atoms with E-state index < -0.39 is 23.4 Å². The topological polar surface area (TPSA) is 122 Å². The number of nitrogens with one attached hydrogen (secondary N) is 2. The fourth-order valence-electron chi connectivity index (χ4n) is 2.86. The summed E-state index contributed by atoms with van der Waals surface area (Å²) in [5.41, 5.74) is 5.01. The van der Waals surface area contributed by atoms with Crippen LogP contribution in [-0.4, -0.2) is 40.7 Å². The maximum Gasteiger partial charge on any atom is 0.325 e. The molecule has 126 valence electrons. The lowest BCUT2D eigenvalue weighted by molar-refractivity contribution is -0.134. The number of nitrogens with two attached hydrogens (primary N) is 1. The summed E-state index contributed by atoms with van der Waals surface area (Å²) >= 11 is 0. The largest absolute Gasteiger partial charge is 0.366 e. The lowest BCUT2D eigenvalue weighted by Gasteiger charge is -2.20. The number of rotatable bonds is 5. The zero-order chi connectivity index (χ0) is 17.5. The summed E-state index contributed by atoms with van der Waals surface area (Å²) in [5.74, 6) is -1.28. The van der Waals surface area contributed by atoms with Crippen molar-refractivity contribution in [3.63, 3.8) is 0 Å². The molecule has 8 heteroatoms. The first-order valence-electron chi connectivity index (χ1n) is 7.65. The van der Waals surface area contributed by atoms with Crippen LogP contribution in [0.25, 0.3) is 0 Å². The summed E-state index contributed by atoms with van der Waals surface area (Å²) in [6, 6.07) is 5.47. The zero-order valence-electron chi connectivity index (χ0n) is 13.2. The van der Waals surface area contributed by atoms with E-state index in [1.54, 1.807) is 6.92 Å². The zero-order valence-corrected chi connectivity index (χ0v) is 13.2. The molecule has 1 unspecified atom stereocenters. The second kappa shape index (κ2) is 5.63. The number of carbonyl (C=O) groups excluding carboxylic acids is 4. The van der Waals surface area contributed by atoms with Gasteiger partial charge in [-0.1, -0.05) is 0 Å². The number of benzene rings is 1. The van der Waals surface area contributed by atoms with Crippen LogP contribution in [0.4, 0.5) is 10.5 Å². The Morgan fingerprint density at radius 3 is 2.46 bits per heavy atom. The van der Waals surface area contributed by atoms with Crippen molar-refractivity contribution in [1.82, 2.24) is 10.2 Å². The fraction of sp³-hybridized carbons (Fsp3) is 0.375. The number of carbonyl (C=O) groups is 4. The summed E-state index contributed by atoms with van der Waals surface area (Å²) in [6.45, 7) is 1.34. The molecule has 1 aromatic carbocycles. The number of hydrogen-bond donors (Lipinski definition) is 3. The van der Waals surface area contributed by atoms with Gasteiger partial charge in [-0.2, -0.15) is 0 Å². The molecule has 2 aliphatic rings. The SMILES string of the molecule is CC1(C2CC2)NC(=O)N(CC(=O)Nc2ccc(C(N)=O)cc2)C1=O. The summed E-state index contributed by atoms with van der Waals surface area (Å²) < 4.78 is 0. The van der Waals surface area contributed by atoms with Crippen LogP contribution in [-0.2, 0) is 9.59 Å². The number of anilines is 1. The highest BCUT2D eigenvalue weighted by atomic mass is 16.2. The van der Waals surface area contributed by atoms with Gasteiger partial charge in [0.05, 0.1) is 0 Å². The van der Waals surface area contributed by atoms with E-state index in [0.29, 0.717) is 11.3 Å². The van der Waals surface area contributed by atoms with E-state index in [2.05, 4.69) is 10.6 Å². The minimum absolute atomic E-state index is 0.142. The van der Waals surface area contributed by atoms with Gasteiger partial charge in [0, 0.05) is 11.3 Å². The van der Waals surface area contributed by atoms with Crippen molar-refractivity contribution in [2.75, 3.05) is 11.9 Å². The molecular weight excluding hydrogens is 312 g/mol. The molecule has 1 atom stereocenters. The van der Waals surface area contributed by atoms with E-state index >= 15 is 0 Å². The summed E-state index contributed by atoms with van der Waals surface area (Å²) in [5, 5.41) is 5.27. The van der Waals surface area contributed by atoms with Gasteiger partial charge in [0.1, 0.15) is 12.1 Å². The van der Waals surface area contributed by atoms with Crippen molar-refractivity contribution in [3.8, 4) is 0 Å². The van der Waals surface area contributed by atoms with Crippen molar-refractivity contribution >= 4 is 29.4 Å². The Morgan fingerprint density at radius 2 is 1.92 bits per heavy atom. The number of primary amides is 1. The molecule has 1 aliphatic heterocycles. The lowest BCUT2D eigenvalue weighted by atomic mass is 9.96. The third-order valence-electron chi connectivity index (χ3n) is 4.45. The second-order valence-electron chi connectivity index (χ2n) is 6.29. The minimum Gasteiger partial charge on any atom is -0.366 e. The summed E-state index contributed by atoms with van der Waals surface area (Å²) in [7, 11) is 0. The molecule has 0 aromatic heterocycles. The first-order chi connectivity index (χ1) is 11.3. The van der Waals surface area contributed by atoms with Gasteiger partial charge in [-0.05, 0) is 49.9 Å². The van der Waals surface area contributed by atoms with E-state index in [0.717, 1.165) is 17.7 Å². The molecule has 2 fully saturated rings. The van der Waals surface area contributed by atoms with Gasteiger partial charge in [-0.3, -0.25) is 19.3 Å². The first-order valence-corrected chi connectivity index (χ1v) is 7.65. The molecule has 5 amide bonds. The third kappa shape index (κ3) is 2.82. The Kier molecular flexibility index (Phi) is 3.75. The molecule has 0 bridgehead atoms. The Bertz CT molecular complexity index is 726. The maximum atomic E-state index is 12.4. The molecule has 8 nitrogen and oxygen atoms in total. The molecule has 1 heterocycles. The molecule has 1 saturated heterocycles. The molecule has 1 aromatic rings. The fourth-order valence-corrected chi connectivity index (χ4v) is 2.86. The van der Waals surface area contributed by atoms with Gasteiger partial charge in [-0.25, -0.2) is 4.79 Å². The smallest absolute Gasteiger partial charge is 0.325 e. The third-order valence-corrected chi connectivity index (χ3v) is 4.45. The van der Waals surface area contributed by atoms with Crippen molar-refractivity contribution in [1.29, 1.82) is 0 Å². The molecule has 1 aliphatic carbocycles. The van der Waals surface area contributed by atoms with Gasteiger partial charge < -0.3 is 16.4 Å². The van der Waals surface area contributed by atoms with Crippen LogP contribution in [0.1, 0.15) is 30.1 Å². The van der Waals surface area contributed by atoms with E-state index in [1.807, 2.05) is 0 Å². The Balaban J connectivity index is 1.63. The normalized spacial score (nSPS) is 23.1. The summed E-state index contributed by atoms with van der Waals surface area (Å²) in [4.78, 5) is 48.5. The molecule has 24 heavy (non-hydrogen) atoms. The number of amides is 5. The molecule has 3 rings (SSSR count). The van der Waals surface area contributed by atoms with Crippen LogP contribution in [0.15, 0.2) is 24.3 Å². The monoisotopic (exact) mass is 330 g/mol. The van der Waals surface area contributed by atoms with Crippen LogP contribution in [0.5, 0.6) is 0 Å². The van der Waals surface area contributed by atoms with E-state index in [-0.39, 0.29) is 18.4 Å². The average molecular weight is 330 g/mol. The first kappa shape index (κ1) is 16.0. The van der Waals surface area contributed by atoms with Crippen LogP contribution in [0.2, 0.25) is 0 Å². The van der Waals surface area contributed by atoms with E-state index in [4.69, 9.17) is 5.73 Å². The Morgan fingerprint density at radius 1 is 1.29 bits per heavy atom. The van der Waals surface area contributed by atoms with Gasteiger partial charge in [-0.15, -0.1) is 0 Å². The Hall–Kier alpha value is -2.90. The maximum absolute atomic E-state index is 12.4. The number of hydrogen-bond acceptors (Lipinski definition) is 4. The van der Waals surface area contributed by atoms with Crippen LogP contribution >= 0.6 is 0 Å². The molecule has 4 N–H and O–H groups in total. The van der Waals surface area contributed by atoms with Gasteiger partial charge in [0.2, 0.25) is 11.8 Å². The highest BCUT2D eigenvalue weighted by Gasteiger charge is 2.56. The Labute approximate surface area is 138 Å². The van der Waals surface area contributed by atoms with E-state index in [1.165, 1.54) is 24.3 Å². The molecule has 1 saturated carbocycles. The molecule has 0 spiro atoms. The number of imide groups is 1. The second-order valence-corrected chi connectivity index (χ2v) is 6.29. The number of nitrogens with zero attached hydrogens (tertiary/aromatic N) is 1. The van der Waals surface area contributed by atoms with Crippen LogP contribution < -0.4 is 16.4 Å². The van der Waals surface area contributed by atoms with Crippen LogP contribution in [0, 0.1) is 5.92 Å². The van der Waals surface area contributed by atoms with Gasteiger partial charge in [0.15, 0.2) is 0 Å². The van der Waals surface area contributed by atoms with Gasteiger partial charge in [0.25, 0.3) is 5.91 Å². The van der Waals surface area contributed by atoms with Crippen molar-refractivity contribution in [3.05, 3.63) is 29.8 Å². The lowest BCUT2D eigenvalue weighted by Crippen LogP contribution is -2.46. The predicted molar refractivity (Wildman–Crippen MR) is 85.0 cm³/mol. The van der Waals surface area contributed by atoms with Crippen molar-refractivity contribution < 1.29 is 19.2 Å². The quantitative estimate of drug-likeness (QED) is 0.678. The van der Waals surface area contributed by atoms with Crippen molar-refractivity contribution in [2.45, 2.75) is 25.3 Å². The minimum atomic E-state index is -0.902. The predicted octanol–water partition coefficient (Wildman–Crippen LogP) is 0.445. The molecular formula is C16H18N4O4. The van der Waals surface area contributed by atoms with E-state index in [9.17, 15) is 19.2 Å². The average Bonchev–Trinajstić information content (AvgIpc) is 3.34. The van der Waals surface area contributed by atoms with Gasteiger partial charge >= 0.3 is 6.03 Å². The highest BCUT2D eigenvalue weighted by Crippen LogP contribution is 2.42. The highest BCUT2D eigenvalue weighted by molar-refractivity contribution is 6.10. The van der Waals surface area contributed by atoms with Crippen LogP contribution in [0.3, 0.4) is 0 Å². The summed E-state index contributed by atoms with van der Waals surface area (Å²) in [6.07, 6.45) is 1.80. The molecule has 0 radical (unpaired) electrons. The number of urea groups is 1. The standard InChI is InChI=1S/C16H18N4O4/c1-16(10-4-5-10)14(23)20(15(24)19-16)8-12(21)18-11-6-2-9(3-7-11)13(17)22/h2-3,6-7,10H,4-5,8H2,1H3,(H2,17,22)(H,18,21)(H,19,24).